The summed E-state index contributed by atoms with van der Waals surface area (Å²) in [4.78, 5) is 12.1. The molecule has 0 saturated carbocycles. The number of hydrogen-bond acceptors (Lipinski definition) is 3. The van der Waals surface area contributed by atoms with E-state index >= 15 is 0 Å². The molecule has 0 bridgehead atoms. The maximum atomic E-state index is 13.7. The molecule has 0 aromatic heterocycles. The molecule has 3 aromatic rings. The summed E-state index contributed by atoms with van der Waals surface area (Å²) in [6.45, 7) is 3.42. The van der Waals surface area contributed by atoms with Gasteiger partial charge in [0.15, 0.2) is 0 Å². The lowest BCUT2D eigenvalue weighted by molar-refractivity contribution is -0.143. The lowest BCUT2D eigenvalue weighted by atomic mass is 10.0. The van der Waals surface area contributed by atoms with Crippen molar-refractivity contribution in [3.63, 3.8) is 0 Å². The molecule has 0 unspecified atom stereocenters. The average molecular weight is 397 g/mol. The van der Waals surface area contributed by atoms with Crippen LogP contribution in [0.4, 0.5) is 0 Å². The second-order valence-electron chi connectivity index (χ2n) is 7.04. The van der Waals surface area contributed by atoms with Crippen LogP contribution >= 0.6 is 0 Å². The molecule has 28 heavy (non-hydrogen) atoms. The molecule has 0 fully saturated rings. The monoisotopic (exact) mass is 397 g/mol. The fourth-order valence-electron chi connectivity index (χ4n) is 3.38. The van der Waals surface area contributed by atoms with Crippen molar-refractivity contribution in [3.8, 4) is 0 Å². The molecule has 5 nitrogen and oxygen atoms in total. The topological polar surface area (TPSA) is 74.7 Å². The van der Waals surface area contributed by atoms with Crippen molar-refractivity contribution in [2.45, 2.75) is 31.3 Å². The minimum atomic E-state index is -4.06. The van der Waals surface area contributed by atoms with Gasteiger partial charge in [0, 0.05) is 11.9 Å². The van der Waals surface area contributed by atoms with Gasteiger partial charge in [-0.15, -0.1) is 0 Å². The Balaban J connectivity index is 2.18. The molecule has 6 heteroatoms. The average Bonchev–Trinajstić information content (AvgIpc) is 2.67. The Bertz CT molecular complexity index is 1070. The highest BCUT2D eigenvalue weighted by atomic mass is 32.2. The first-order valence-corrected chi connectivity index (χ1v) is 10.5. The number of rotatable bonds is 7. The van der Waals surface area contributed by atoms with Crippen LogP contribution in [0, 0.1) is 5.92 Å². The number of aliphatic carboxylic acids is 1. The first-order chi connectivity index (χ1) is 13.3. The normalized spacial score (nSPS) is 13.1. The van der Waals surface area contributed by atoms with Crippen molar-refractivity contribution in [1.82, 2.24) is 4.31 Å². The molecule has 1 N–H and O–H groups in total. The fraction of sp³-hybridized carbons (Fsp3) is 0.227. The Morgan fingerprint density at radius 3 is 2.18 bits per heavy atom. The third-order valence-corrected chi connectivity index (χ3v) is 6.60. The molecular formula is C22H23NO4S. The molecule has 0 spiro atoms. The SMILES string of the molecule is CC(C)[C@@H](C(=O)O)N(Cc1ccccc1)S(=O)(=O)c1cccc2ccccc12. The molecule has 3 aromatic carbocycles. The van der Waals surface area contributed by atoms with Crippen LogP contribution in [0.2, 0.25) is 0 Å². The summed E-state index contributed by atoms with van der Waals surface area (Å²) in [5, 5.41) is 11.2. The Hall–Kier alpha value is -2.70. The summed E-state index contributed by atoms with van der Waals surface area (Å²) < 4.78 is 28.4. The van der Waals surface area contributed by atoms with Gasteiger partial charge in [-0.3, -0.25) is 4.79 Å². The standard InChI is InChI=1S/C22H23NO4S/c1-16(2)21(22(24)25)23(15-17-9-4-3-5-10-17)28(26,27)20-14-8-12-18-11-6-7-13-19(18)20/h3-14,16,21H,15H2,1-2H3,(H,24,25)/t21-/m0/s1. The number of carbonyl (C=O) groups is 1. The largest absolute Gasteiger partial charge is 0.480 e. The minimum Gasteiger partial charge on any atom is -0.480 e. The van der Waals surface area contributed by atoms with Gasteiger partial charge in [0.2, 0.25) is 10.0 Å². The van der Waals surface area contributed by atoms with Gasteiger partial charge in [-0.2, -0.15) is 4.31 Å². The second kappa shape index (κ2) is 8.12. The molecule has 146 valence electrons. The van der Waals surface area contributed by atoms with Crippen LogP contribution < -0.4 is 0 Å². The van der Waals surface area contributed by atoms with Gasteiger partial charge >= 0.3 is 5.97 Å². The fourth-order valence-corrected chi connectivity index (χ4v) is 5.30. The Morgan fingerprint density at radius 1 is 0.929 bits per heavy atom. The Morgan fingerprint density at radius 2 is 1.54 bits per heavy atom. The van der Waals surface area contributed by atoms with Crippen LogP contribution in [0.25, 0.3) is 10.8 Å². The van der Waals surface area contributed by atoms with Crippen molar-refractivity contribution in [2.24, 2.45) is 5.92 Å². The second-order valence-corrected chi connectivity index (χ2v) is 8.90. The van der Waals surface area contributed by atoms with Crippen molar-refractivity contribution < 1.29 is 18.3 Å². The molecule has 0 amide bonds. The Labute approximate surface area is 165 Å². The highest BCUT2D eigenvalue weighted by Crippen LogP contribution is 2.29. The van der Waals surface area contributed by atoms with Crippen LogP contribution in [-0.4, -0.2) is 29.8 Å². The van der Waals surface area contributed by atoms with Crippen LogP contribution in [-0.2, 0) is 21.4 Å². The lowest BCUT2D eigenvalue weighted by Crippen LogP contribution is -2.47. The van der Waals surface area contributed by atoms with E-state index in [2.05, 4.69) is 0 Å². The van der Waals surface area contributed by atoms with E-state index < -0.39 is 28.0 Å². The molecule has 0 saturated heterocycles. The van der Waals surface area contributed by atoms with E-state index in [1.165, 1.54) is 6.07 Å². The number of carboxylic acid groups (broad SMARTS) is 1. The van der Waals surface area contributed by atoms with Gasteiger partial charge in [-0.05, 0) is 22.9 Å². The maximum absolute atomic E-state index is 13.7. The first kappa shape index (κ1) is 20.0. The predicted molar refractivity (Wildman–Crippen MR) is 109 cm³/mol. The third-order valence-electron chi connectivity index (χ3n) is 4.71. The minimum absolute atomic E-state index is 0.0124. The summed E-state index contributed by atoms with van der Waals surface area (Å²) in [6.07, 6.45) is 0. The molecule has 0 aliphatic rings. The summed E-state index contributed by atoms with van der Waals surface area (Å²) in [5.41, 5.74) is 0.734. The van der Waals surface area contributed by atoms with E-state index in [9.17, 15) is 18.3 Å². The Kier molecular flexibility index (Phi) is 5.82. The molecule has 0 radical (unpaired) electrons. The van der Waals surface area contributed by atoms with Crippen molar-refractivity contribution >= 4 is 26.8 Å². The number of carboxylic acids is 1. The van der Waals surface area contributed by atoms with Crippen LogP contribution in [0.1, 0.15) is 19.4 Å². The molecule has 1 atom stereocenters. The van der Waals surface area contributed by atoms with Crippen LogP contribution in [0.5, 0.6) is 0 Å². The first-order valence-electron chi connectivity index (χ1n) is 9.08. The smallest absolute Gasteiger partial charge is 0.322 e. The zero-order chi connectivity index (χ0) is 20.3. The number of nitrogens with zero attached hydrogens (tertiary/aromatic N) is 1. The summed E-state index contributed by atoms with van der Waals surface area (Å²) in [5.74, 6) is -1.55. The molecule has 3 rings (SSSR count). The van der Waals surface area contributed by atoms with Crippen molar-refractivity contribution in [2.75, 3.05) is 0 Å². The number of fused-ring (bicyclic) bond motifs is 1. The zero-order valence-corrected chi connectivity index (χ0v) is 16.6. The highest BCUT2D eigenvalue weighted by Gasteiger charge is 2.38. The van der Waals surface area contributed by atoms with Crippen LogP contribution in [0.3, 0.4) is 0 Å². The number of benzene rings is 3. The van der Waals surface area contributed by atoms with Gasteiger partial charge in [-0.1, -0.05) is 80.6 Å². The van der Waals surface area contributed by atoms with Gasteiger partial charge in [0.1, 0.15) is 6.04 Å². The van der Waals surface area contributed by atoms with Crippen LogP contribution in [0.15, 0.2) is 77.7 Å². The van der Waals surface area contributed by atoms with Crippen molar-refractivity contribution in [1.29, 1.82) is 0 Å². The lowest BCUT2D eigenvalue weighted by Gasteiger charge is -2.31. The molecule has 0 aliphatic heterocycles. The maximum Gasteiger partial charge on any atom is 0.322 e. The molecule has 0 aliphatic carbocycles. The van der Waals surface area contributed by atoms with E-state index in [0.29, 0.717) is 5.39 Å². The molecular weight excluding hydrogens is 374 g/mol. The third kappa shape index (κ3) is 3.93. The number of sulfonamides is 1. The van der Waals surface area contributed by atoms with Gasteiger partial charge in [0.05, 0.1) is 4.90 Å². The van der Waals surface area contributed by atoms with E-state index in [4.69, 9.17) is 0 Å². The van der Waals surface area contributed by atoms with E-state index in [0.717, 1.165) is 15.3 Å². The van der Waals surface area contributed by atoms with Gasteiger partial charge in [-0.25, -0.2) is 8.42 Å². The van der Waals surface area contributed by atoms with E-state index in [-0.39, 0.29) is 11.4 Å². The quantitative estimate of drug-likeness (QED) is 0.650. The zero-order valence-electron chi connectivity index (χ0n) is 15.8. The summed E-state index contributed by atoms with van der Waals surface area (Å²) in [7, 11) is -4.06. The highest BCUT2D eigenvalue weighted by molar-refractivity contribution is 7.89. The van der Waals surface area contributed by atoms with E-state index in [1.54, 1.807) is 44.2 Å². The van der Waals surface area contributed by atoms with Gasteiger partial charge < -0.3 is 5.11 Å². The molecule has 0 heterocycles. The summed E-state index contributed by atoms with van der Waals surface area (Å²) >= 11 is 0. The van der Waals surface area contributed by atoms with Crippen molar-refractivity contribution in [3.05, 3.63) is 78.4 Å². The summed E-state index contributed by atoms with van der Waals surface area (Å²) in [6, 6.07) is 20.1. The van der Waals surface area contributed by atoms with E-state index in [1.807, 2.05) is 36.4 Å². The predicted octanol–water partition coefficient (Wildman–Crippen LogP) is 4.14. The van der Waals surface area contributed by atoms with Gasteiger partial charge in [0.25, 0.3) is 0 Å². The number of hydrogen-bond donors (Lipinski definition) is 1.